The molecule has 1 heterocycles. The molecule has 0 aliphatic carbocycles. The second kappa shape index (κ2) is 7.50. The number of benzene rings is 2. The number of hydrogen-bond donors (Lipinski definition) is 1. The van der Waals surface area contributed by atoms with Crippen molar-refractivity contribution in [1.82, 2.24) is 4.90 Å². The number of aromatic hydroxyl groups is 1. The number of phenolic OH excluding ortho intramolecular Hbond substituents is 1. The van der Waals surface area contributed by atoms with Crippen LogP contribution in [0.25, 0.3) is 0 Å². The van der Waals surface area contributed by atoms with Crippen molar-refractivity contribution in [2.75, 3.05) is 6.54 Å². The van der Waals surface area contributed by atoms with Gasteiger partial charge in [-0.3, -0.25) is 9.69 Å². The fourth-order valence-electron chi connectivity index (χ4n) is 4.09. The molecular formula is C22H27NO3. The van der Waals surface area contributed by atoms with E-state index >= 15 is 0 Å². The summed E-state index contributed by atoms with van der Waals surface area (Å²) in [6, 6.07) is 17.5. The molecule has 0 bridgehead atoms. The van der Waals surface area contributed by atoms with Crippen LogP contribution in [-0.2, 0) is 15.1 Å². The molecule has 2 aromatic carbocycles. The highest BCUT2D eigenvalue weighted by atomic mass is 16.6. The van der Waals surface area contributed by atoms with Crippen LogP contribution >= 0.6 is 0 Å². The first kappa shape index (κ1) is 18.5. The van der Waals surface area contributed by atoms with Gasteiger partial charge < -0.3 is 9.84 Å². The summed E-state index contributed by atoms with van der Waals surface area (Å²) in [5.74, 6) is 0.118. The van der Waals surface area contributed by atoms with Crippen molar-refractivity contribution < 1.29 is 14.6 Å². The summed E-state index contributed by atoms with van der Waals surface area (Å²) >= 11 is 0. The number of rotatable bonds is 5. The molecule has 0 aromatic heterocycles. The van der Waals surface area contributed by atoms with Crippen LogP contribution in [0, 0.1) is 0 Å². The largest absolute Gasteiger partial charge is 0.508 e. The number of esters is 1. The van der Waals surface area contributed by atoms with Gasteiger partial charge in [-0.2, -0.15) is 0 Å². The summed E-state index contributed by atoms with van der Waals surface area (Å²) < 4.78 is 6.05. The van der Waals surface area contributed by atoms with E-state index in [-0.39, 0.29) is 18.1 Å². The molecule has 1 fully saturated rings. The number of nitrogens with zero attached hydrogens (tertiary/aromatic N) is 1. The fourth-order valence-corrected chi connectivity index (χ4v) is 4.09. The maximum absolute atomic E-state index is 12.2. The molecule has 1 saturated heterocycles. The van der Waals surface area contributed by atoms with Gasteiger partial charge in [0.25, 0.3) is 0 Å². The molecule has 1 aliphatic rings. The van der Waals surface area contributed by atoms with E-state index in [0.29, 0.717) is 12.2 Å². The lowest BCUT2D eigenvalue weighted by atomic mass is 9.86. The van der Waals surface area contributed by atoms with E-state index in [4.69, 9.17) is 4.74 Å². The Labute approximate surface area is 155 Å². The zero-order valence-corrected chi connectivity index (χ0v) is 15.7. The quantitative estimate of drug-likeness (QED) is 0.810. The molecule has 4 heteroatoms. The molecule has 4 nitrogen and oxygen atoms in total. The predicted octanol–water partition coefficient (Wildman–Crippen LogP) is 4.40. The Kier molecular flexibility index (Phi) is 5.33. The van der Waals surface area contributed by atoms with Gasteiger partial charge in [0.15, 0.2) is 5.60 Å². The first-order valence-corrected chi connectivity index (χ1v) is 9.30. The molecule has 138 valence electrons. The van der Waals surface area contributed by atoms with Crippen molar-refractivity contribution in [3.63, 3.8) is 0 Å². The highest BCUT2D eigenvalue weighted by molar-refractivity contribution is 5.70. The van der Waals surface area contributed by atoms with Crippen molar-refractivity contribution in [1.29, 1.82) is 0 Å². The van der Waals surface area contributed by atoms with Gasteiger partial charge in [-0.05, 0) is 25.5 Å². The minimum Gasteiger partial charge on any atom is -0.508 e. The zero-order chi connectivity index (χ0) is 18.7. The van der Waals surface area contributed by atoms with E-state index in [9.17, 15) is 9.90 Å². The van der Waals surface area contributed by atoms with Gasteiger partial charge in [-0.25, -0.2) is 0 Å². The second-order valence-electron chi connectivity index (χ2n) is 6.98. The second-order valence-corrected chi connectivity index (χ2v) is 6.98. The Morgan fingerprint density at radius 3 is 2.54 bits per heavy atom. The Balaban J connectivity index is 1.96. The molecule has 1 N–H and O–H groups in total. The van der Waals surface area contributed by atoms with Gasteiger partial charge >= 0.3 is 5.97 Å². The Morgan fingerprint density at radius 2 is 1.88 bits per heavy atom. The number of ether oxygens (including phenoxy) is 1. The van der Waals surface area contributed by atoms with E-state index in [2.05, 4.69) is 18.7 Å². The Hall–Kier alpha value is -2.33. The molecule has 3 atom stereocenters. The molecule has 1 aliphatic heterocycles. The number of carbonyl (C=O) groups excluding carboxylic acids is 1. The van der Waals surface area contributed by atoms with Crippen molar-refractivity contribution >= 4 is 5.97 Å². The average Bonchev–Trinajstić information content (AvgIpc) is 2.99. The summed E-state index contributed by atoms with van der Waals surface area (Å²) in [6.45, 7) is 6.82. The summed E-state index contributed by atoms with van der Waals surface area (Å²) in [7, 11) is 0. The molecule has 0 spiro atoms. The standard InChI is InChI=1S/C22H27NO3/c1-4-21(25)26-22(18-10-6-5-7-11-18)14-15-23(17(22)3)16(2)19-12-8-9-13-20(19)24/h5-13,16-17,24H,4,14-15H2,1-3H3. The first-order valence-electron chi connectivity index (χ1n) is 9.30. The lowest BCUT2D eigenvalue weighted by molar-refractivity contribution is -0.163. The zero-order valence-electron chi connectivity index (χ0n) is 15.7. The van der Waals surface area contributed by atoms with Crippen molar-refractivity contribution in [2.24, 2.45) is 0 Å². The van der Waals surface area contributed by atoms with Crippen molar-refractivity contribution in [3.05, 3.63) is 65.7 Å². The number of likely N-dealkylation sites (tertiary alicyclic amines) is 1. The van der Waals surface area contributed by atoms with E-state index in [0.717, 1.165) is 24.1 Å². The molecule has 2 aromatic rings. The Morgan fingerprint density at radius 1 is 1.23 bits per heavy atom. The summed E-state index contributed by atoms with van der Waals surface area (Å²) in [4.78, 5) is 14.5. The minimum atomic E-state index is -0.660. The molecule has 0 radical (unpaired) electrons. The minimum absolute atomic E-state index is 0.00462. The van der Waals surface area contributed by atoms with Gasteiger partial charge in [0.05, 0.1) is 6.04 Å². The van der Waals surface area contributed by atoms with Gasteiger partial charge in [0.2, 0.25) is 0 Å². The topological polar surface area (TPSA) is 49.8 Å². The fraction of sp³-hybridized carbons (Fsp3) is 0.409. The van der Waals surface area contributed by atoms with Crippen LogP contribution in [0.5, 0.6) is 5.75 Å². The predicted molar refractivity (Wildman–Crippen MR) is 102 cm³/mol. The molecule has 0 amide bonds. The highest BCUT2D eigenvalue weighted by Crippen LogP contribution is 2.45. The van der Waals surface area contributed by atoms with E-state index in [1.807, 2.05) is 55.5 Å². The number of para-hydroxylation sites is 1. The van der Waals surface area contributed by atoms with Crippen LogP contribution in [0.15, 0.2) is 54.6 Å². The molecular weight excluding hydrogens is 326 g/mol. The maximum atomic E-state index is 12.2. The monoisotopic (exact) mass is 353 g/mol. The van der Waals surface area contributed by atoms with Crippen LogP contribution in [0.4, 0.5) is 0 Å². The van der Waals surface area contributed by atoms with E-state index in [1.165, 1.54) is 0 Å². The highest BCUT2D eigenvalue weighted by Gasteiger charge is 2.50. The lowest BCUT2D eigenvalue weighted by Gasteiger charge is -2.38. The van der Waals surface area contributed by atoms with E-state index < -0.39 is 5.60 Å². The smallest absolute Gasteiger partial charge is 0.306 e. The van der Waals surface area contributed by atoms with E-state index in [1.54, 1.807) is 6.07 Å². The molecule has 3 unspecified atom stereocenters. The van der Waals surface area contributed by atoms with Gasteiger partial charge in [0.1, 0.15) is 5.75 Å². The SMILES string of the molecule is CCC(=O)OC1(c2ccccc2)CCN(C(C)c2ccccc2O)C1C. The van der Waals surface area contributed by atoms with Crippen LogP contribution in [0.3, 0.4) is 0 Å². The van der Waals surface area contributed by atoms with Gasteiger partial charge in [-0.1, -0.05) is 55.5 Å². The normalized spacial score (nSPS) is 24.3. The number of phenols is 1. The molecule has 26 heavy (non-hydrogen) atoms. The first-order chi connectivity index (χ1) is 12.5. The maximum Gasteiger partial charge on any atom is 0.306 e. The van der Waals surface area contributed by atoms with Crippen LogP contribution in [0.1, 0.15) is 50.8 Å². The van der Waals surface area contributed by atoms with Crippen molar-refractivity contribution in [3.8, 4) is 5.75 Å². The van der Waals surface area contributed by atoms with Crippen LogP contribution in [-0.4, -0.2) is 28.6 Å². The van der Waals surface area contributed by atoms with Gasteiger partial charge in [-0.15, -0.1) is 0 Å². The average molecular weight is 353 g/mol. The molecule has 3 rings (SSSR count). The summed E-state index contributed by atoms with van der Waals surface area (Å²) in [5.41, 5.74) is 1.26. The molecule has 0 saturated carbocycles. The van der Waals surface area contributed by atoms with Crippen LogP contribution < -0.4 is 0 Å². The van der Waals surface area contributed by atoms with Gasteiger partial charge in [0, 0.05) is 31.0 Å². The third-order valence-electron chi connectivity index (χ3n) is 5.65. The number of carbonyl (C=O) groups is 1. The summed E-state index contributed by atoms with van der Waals surface area (Å²) in [6.07, 6.45) is 1.10. The third kappa shape index (κ3) is 3.21. The van der Waals surface area contributed by atoms with Crippen molar-refractivity contribution in [2.45, 2.75) is 51.3 Å². The third-order valence-corrected chi connectivity index (χ3v) is 5.65. The summed E-state index contributed by atoms with van der Waals surface area (Å²) in [5, 5.41) is 10.2. The lowest BCUT2D eigenvalue weighted by Crippen LogP contribution is -2.44. The van der Waals surface area contributed by atoms with Crippen LogP contribution in [0.2, 0.25) is 0 Å². The number of hydrogen-bond acceptors (Lipinski definition) is 4. The Bertz CT molecular complexity index is 761.